The molecule has 1 aromatic heterocycles. The van der Waals surface area contributed by atoms with Gasteiger partial charge in [-0.3, -0.25) is 0 Å². The predicted octanol–water partition coefficient (Wildman–Crippen LogP) is 3.01. The molecule has 136 valence electrons. The zero-order valence-corrected chi connectivity index (χ0v) is 15.1. The highest BCUT2D eigenvalue weighted by Gasteiger charge is 2.26. The summed E-state index contributed by atoms with van der Waals surface area (Å²) in [6, 6.07) is 4.46. The van der Waals surface area contributed by atoms with E-state index < -0.39 is 23.7 Å². The van der Waals surface area contributed by atoms with Crippen LogP contribution in [0.5, 0.6) is 5.75 Å². The van der Waals surface area contributed by atoms with Gasteiger partial charge in [-0.2, -0.15) is 0 Å². The van der Waals surface area contributed by atoms with Gasteiger partial charge in [0.15, 0.2) is 0 Å². The topological polar surface area (TPSA) is 101 Å². The second-order valence-corrected chi connectivity index (χ2v) is 6.88. The first kappa shape index (κ1) is 18.6. The van der Waals surface area contributed by atoms with Gasteiger partial charge in [0.25, 0.3) is 0 Å². The Morgan fingerprint density at radius 1 is 1.32 bits per heavy atom. The van der Waals surface area contributed by atoms with E-state index in [0.717, 1.165) is 22.2 Å². The quantitative estimate of drug-likeness (QED) is 0.771. The van der Waals surface area contributed by atoms with Crippen molar-refractivity contribution in [3.05, 3.63) is 29.5 Å². The third-order valence-corrected chi connectivity index (χ3v) is 3.72. The van der Waals surface area contributed by atoms with Crippen LogP contribution in [0.2, 0.25) is 0 Å². The molecule has 0 bridgehead atoms. The Kier molecular flexibility index (Phi) is 5.25. The van der Waals surface area contributed by atoms with Crippen molar-refractivity contribution in [1.29, 1.82) is 0 Å². The number of benzene rings is 1. The fourth-order valence-electron chi connectivity index (χ4n) is 2.61. The summed E-state index contributed by atoms with van der Waals surface area (Å²) < 4.78 is 10.4. The normalized spacial score (nSPS) is 12.7. The van der Waals surface area contributed by atoms with E-state index in [-0.39, 0.29) is 6.42 Å². The molecule has 2 aromatic rings. The Morgan fingerprint density at radius 3 is 2.56 bits per heavy atom. The second-order valence-electron chi connectivity index (χ2n) is 6.88. The van der Waals surface area contributed by atoms with E-state index >= 15 is 0 Å². The zero-order chi connectivity index (χ0) is 18.8. The second kappa shape index (κ2) is 7.04. The summed E-state index contributed by atoms with van der Waals surface area (Å²) in [6.07, 6.45) is -0.622. The number of aliphatic carboxylic acids is 1. The van der Waals surface area contributed by atoms with E-state index in [1.165, 1.54) is 0 Å². The number of aromatic amines is 1. The monoisotopic (exact) mass is 348 g/mol. The van der Waals surface area contributed by atoms with Crippen molar-refractivity contribution in [3.63, 3.8) is 0 Å². The summed E-state index contributed by atoms with van der Waals surface area (Å²) in [7, 11) is 1.57. The highest BCUT2D eigenvalue weighted by Crippen LogP contribution is 2.27. The molecule has 0 aliphatic rings. The number of fused-ring (bicyclic) bond motifs is 1. The third kappa shape index (κ3) is 4.65. The van der Waals surface area contributed by atoms with Crippen LogP contribution in [-0.4, -0.2) is 40.9 Å². The molecule has 7 heteroatoms. The first-order valence-electron chi connectivity index (χ1n) is 7.98. The van der Waals surface area contributed by atoms with Gasteiger partial charge in [-0.15, -0.1) is 0 Å². The molecule has 0 aliphatic heterocycles. The lowest BCUT2D eigenvalue weighted by molar-refractivity contribution is -0.139. The van der Waals surface area contributed by atoms with Gasteiger partial charge in [-0.05, 0) is 51.5 Å². The molecule has 1 aromatic carbocycles. The molecule has 1 unspecified atom stereocenters. The smallest absolute Gasteiger partial charge is 0.408 e. The summed E-state index contributed by atoms with van der Waals surface area (Å²) in [5.41, 5.74) is 1.85. The number of hydrogen-bond donors (Lipinski definition) is 3. The van der Waals surface area contributed by atoms with Crippen molar-refractivity contribution in [1.82, 2.24) is 10.3 Å². The number of carboxylic acids is 1. The van der Waals surface area contributed by atoms with E-state index in [9.17, 15) is 14.7 Å². The third-order valence-electron chi connectivity index (χ3n) is 3.72. The van der Waals surface area contributed by atoms with Crippen LogP contribution in [0.1, 0.15) is 32.0 Å². The lowest BCUT2D eigenvalue weighted by Crippen LogP contribution is -2.44. The Bertz CT molecular complexity index is 789. The van der Waals surface area contributed by atoms with Crippen molar-refractivity contribution in [2.75, 3.05) is 7.11 Å². The number of amides is 1. The molecule has 2 rings (SSSR count). The van der Waals surface area contributed by atoms with Crippen LogP contribution < -0.4 is 10.1 Å². The molecule has 0 aliphatic carbocycles. The molecule has 0 fully saturated rings. The number of H-pyrrole nitrogens is 1. The van der Waals surface area contributed by atoms with E-state index in [1.54, 1.807) is 27.9 Å². The summed E-state index contributed by atoms with van der Waals surface area (Å²) in [6.45, 7) is 7.03. The fraction of sp³-hybridized carbons (Fsp3) is 0.444. The minimum Gasteiger partial charge on any atom is -0.497 e. The number of rotatable bonds is 5. The van der Waals surface area contributed by atoms with E-state index in [1.807, 2.05) is 25.1 Å². The summed E-state index contributed by atoms with van der Waals surface area (Å²) >= 11 is 0. The number of carbonyl (C=O) groups is 2. The number of nitrogens with one attached hydrogen (secondary N) is 2. The molecule has 1 amide bonds. The number of alkyl carbamates (subject to hydrolysis) is 1. The average molecular weight is 348 g/mol. The number of aryl methyl sites for hydroxylation is 1. The van der Waals surface area contributed by atoms with Crippen molar-refractivity contribution >= 4 is 23.0 Å². The molecule has 1 heterocycles. The molecule has 3 N–H and O–H groups in total. The zero-order valence-electron chi connectivity index (χ0n) is 15.1. The molecular formula is C18H24N2O5. The van der Waals surface area contributed by atoms with Crippen molar-refractivity contribution in [3.8, 4) is 5.75 Å². The predicted molar refractivity (Wildman–Crippen MR) is 94.1 cm³/mol. The molecule has 7 nitrogen and oxygen atoms in total. The van der Waals surface area contributed by atoms with Gasteiger partial charge in [0.2, 0.25) is 0 Å². The van der Waals surface area contributed by atoms with Gasteiger partial charge in [0, 0.05) is 23.0 Å². The van der Waals surface area contributed by atoms with E-state index in [2.05, 4.69) is 10.3 Å². The number of hydrogen-bond acceptors (Lipinski definition) is 4. The minimum absolute atomic E-state index is 0.133. The maximum absolute atomic E-state index is 11.9. The highest BCUT2D eigenvalue weighted by molar-refractivity contribution is 5.87. The summed E-state index contributed by atoms with van der Waals surface area (Å²) in [4.78, 5) is 26.7. The van der Waals surface area contributed by atoms with Crippen LogP contribution in [0.3, 0.4) is 0 Å². The lowest BCUT2D eigenvalue weighted by Gasteiger charge is -2.22. The van der Waals surface area contributed by atoms with Gasteiger partial charge >= 0.3 is 12.1 Å². The van der Waals surface area contributed by atoms with E-state index in [0.29, 0.717) is 5.75 Å². The first-order chi connectivity index (χ1) is 11.6. The van der Waals surface area contributed by atoms with Crippen LogP contribution in [0, 0.1) is 6.92 Å². The maximum Gasteiger partial charge on any atom is 0.408 e. The number of carboxylic acid groups (broad SMARTS) is 1. The van der Waals surface area contributed by atoms with Gasteiger partial charge in [-0.25, -0.2) is 9.59 Å². The largest absolute Gasteiger partial charge is 0.497 e. The number of ether oxygens (including phenoxy) is 2. The lowest BCUT2D eigenvalue weighted by atomic mass is 10.0. The average Bonchev–Trinajstić information content (AvgIpc) is 2.79. The highest BCUT2D eigenvalue weighted by atomic mass is 16.6. The van der Waals surface area contributed by atoms with Crippen LogP contribution in [0.15, 0.2) is 18.2 Å². The van der Waals surface area contributed by atoms with Crippen LogP contribution >= 0.6 is 0 Å². The Balaban J connectivity index is 2.27. The number of methoxy groups -OCH3 is 1. The standard InChI is InChI=1S/C18H24N2O5/c1-10-12(13-8-11(24-5)6-7-14(13)19-10)9-15(16(21)22)20-17(23)25-18(2,3)4/h6-8,15,19H,9H2,1-5H3,(H,20,23)(H,21,22). The van der Waals surface area contributed by atoms with Crippen molar-refractivity contribution < 1.29 is 24.2 Å². The molecule has 0 spiro atoms. The van der Waals surface area contributed by atoms with Gasteiger partial charge in [-0.1, -0.05) is 0 Å². The van der Waals surface area contributed by atoms with Crippen molar-refractivity contribution in [2.24, 2.45) is 0 Å². The SMILES string of the molecule is COc1ccc2[nH]c(C)c(CC(NC(=O)OC(C)(C)C)C(=O)O)c2c1. The van der Waals surface area contributed by atoms with Crippen LogP contribution in [-0.2, 0) is 16.0 Å². The van der Waals surface area contributed by atoms with Crippen molar-refractivity contribution in [2.45, 2.75) is 45.8 Å². The Hall–Kier alpha value is -2.70. The van der Waals surface area contributed by atoms with Gasteiger partial charge in [0.05, 0.1) is 7.11 Å². The Labute approximate surface area is 146 Å². The minimum atomic E-state index is -1.12. The number of aromatic nitrogens is 1. The van der Waals surface area contributed by atoms with Gasteiger partial charge < -0.3 is 24.9 Å². The van der Waals surface area contributed by atoms with E-state index in [4.69, 9.17) is 9.47 Å². The molecule has 0 saturated heterocycles. The first-order valence-corrected chi connectivity index (χ1v) is 7.98. The van der Waals surface area contributed by atoms with Gasteiger partial charge in [0.1, 0.15) is 17.4 Å². The molecular weight excluding hydrogens is 324 g/mol. The summed E-state index contributed by atoms with van der Waals surface area (Å²) in [5, 5.41) is 12.8. The molecule has 0 radical (unpaired) electrons. The molecule has 0 saturated carbocycles. The van der Waals surface area contributed by atoms with Crippen LogP contribution in [0.4, 0.5) is 4.79 Å². The molecule has 1 atom stereocenters. The van der Waals surface area contributed by atoms with Crippen LogP contribution in [0.25, 0.3) is 10.9 Å². The summed E-state index contributed by atoms with van der Waals surface area (Å²) in [5.74, 6) is -0.442. The number of carbonyl (C=O) groups excluding carboxylic acids is 1. The maximum atomic E-state index is 11.9. The fourth-order valence-corrected chi connectivity index (χ4v) is 2.61. The molecule has 25 heavy (non-hydrogen) atoms. The Morgan fingerprint density at radius 2 is 2.00 bits per heavy atom.